The van der Waals surface area contributed by atoms with Gasteiger partial charge in [-0.2, -0.15) is 13.2 Å². The first-order valence-corrected chi connectivity index (χ1v) is 12.8. The number of aromatic nitrogens is 1. The van der Waals surface area contributed by atoms with E-state index in [4.69, 9.17) is 0 Å². The average molecular weight is 545 g/mol. The van der Waals surface area contributed by atoms with E-state index in [0.29, 0.717) is 42.5 Å². The molecule has 1 saturated heterocycles. The lowest BCUT2D eigenvalue weighted by Crippen LogP contribution is -2.58. The fourth-order valence-electron chi connectivity index (χ4n) is 6.17. The number of likely N-dealkylation sites (tertiary alicyclic amines) is 1. The molecule has 5 rings (SSSR count). The molecule has 2 unspecified atom stereocenters. The maximum absolute atomic E-state index is 16.0. The van der Waals surface area contributed by atoms with Gasteiger partial charge in [-0.25, -0.2) is 13.2 Å². The Labute approximate surface area is 216 Å². The zero-order chi connectivity index (χ0) is 27.4. The van der Waals surface area contributed by atoms with Crippen LogP contribution >= 0.6 is 0 Å². The number of rotatable bonds is 7. The summed E-state index contributed by atoms with van der Waals surface area (Å²) < 4.78 is 99.5. The summed E-state index contributed by atoms with van der Waals surface area (Å²) in [7, 11) is 0. The molecule has 0 spiro atoms. The molecule has 1 aromatic carbocycles. The lowest BCUT2D eigenvalue weighted by atomic mass is 9.69. The molecule has 0 bridgehead atoms. The summed E-state index contributed by atoms with van der Waals surface area (Å²) in [6.45, 7) is 2.98. The van der Waals surface area contributed by atoms with E-state index in [-0.39, 0.29) is 23.9 Å². The number of alkyl halides is 5. The highest BCUT2D eigenvalue weighted by molar-refractivity contribution is 5.85. The Bertz CT molecular complexity index is 1250. The molecule has 11 heteroatoms. The molecule has 0 radical (unpaired) electrons. The topological polar surface area (TPSA) is 34.3 Å². The standard InChI is InChI=1S/C27H31F7N4/c1-15-8-20-19-5-4-16(29)9-21(19)36-24(20)25(38(15)14-27(32,33)34)26(2)22(30)10-17(11-23(26)31)35-18-12-37(13-18)7-3-6-28/h4-5,9-11,15,18,22,25,35-36H,3,6-8,12-14H2,1-2H3/t15-,22?,25+,26?/m0/s1. The highest BCUT2D eigenvalue weighted by Gasteiger charge is 2.55. The second-order valence-corrected chi connectivity index (χ2v) is 10.9. The van der Waals surface area contributed by atoms with Gasteiger partial charge in [0, 0.05) is 48.0 Å². The molecular weight excluding hydrogens is 513 g/mol. The molecule has 1 aromatic heterocycles. The summed E-state index contributed by atoms with van der Waals surface area (Å²) in [5.41, 5.74) is -0.443. The number of hydrogen-bond acceptors (Lipinski definition) is 3. The van der Waals surface area contributed by atoms with E-state index in [1.165, 1.54) is 25.1 Å². The summed E-state index contributed by atoms with van der Waals surface area (Å²) >= 11 is 0. The van der Waals surface area contributed by atoms with Crippen LogP contribution in [0.2, 0.25) is 0 Å². The highest BCUT2D eigenvalue weighted by atomic mass is 19.4. The van der Waals surface area contributed by atoms with Crippen LogP contribution in [0.25, 0.3) is 10.9 Å². The Morgan fingerprint density at radius 3 is 2.58 bits per heavy atom. The fourth-order valence-corrected chi connectivity index (χ4v) is 6.17. The van der Waals surface area contributed by atoms with Crippen LogP contribution in [0.5, 0.6) is 0 Å². The molecule has 208 valence electrons. The lowest BCUT2D eigenvalue weighted by molar-refractivity contribution is -0.166. The van der Waals surface area contributed by atoms with Crippen molar-refractivity contribution in [2.24, 2.45) is 5.41 Å². The second kappa shape index (κ2) is 9.89. The first kappa shape index (κ1) is 27.1. The van der Waals surface area contributed by atoms with Gasteiger partial charge in [-0.1, -0.05) is 0 Å². The van der Waals surface area contributed by atoms with Crippen molar-refractivity contribution >= 4 is 10.9 Å². The van der Waals surface area contributed by atoms with E-state index in [1.54, 1.807) is 13.0 Å². The Morgan fingerprint density at radius 1 is 1.18 bits per heavy atom. The molecule has 0 saturated carbocycles. The van der Waals surface area contributed by atoms with E-state index in [9.17, 15) is 22.0 Å². The Balaban J connectivity index is 1.49. The molecule has 1 aliphatic carbocycles. The fraction of sp³-hybridized carbons (Fsp3) is 0.556. The van der Waals surface area contributed by atoms with E-state index < -0.39 is 54.7 Å². The molecule has 4 nitrogen and oxygen atoms in total. The van der Waals surface area contributed by atoms with Gasteiger partial charge < -0.3 is 10.3 Å². The van der Waals surface area contributed by atoms with Gasteiger partial charge in [0.2, 0.25) is 0 Å². The number of nitrogens with zero attached hydrogens (tertiary/aromatic N) is 2. The smallest absolute Gasteiger partial charge is 0.380 e. The molecular formula is C27H31F7N4. The Kier molecular flexibility index (Phi) is 7.04. The van der Waals surface area contributed by atoms with Crippen LogP contribution in [0.1, 0.15) is 37.6 Å². The third-order valence-corrected chi connectivity index (χ3v) is 8.13. The highest BCUT2D eigenvalue weighted by Crippen LogP contribution is 2.55. The number of fused-ring (bicyclic) bond motifs is 3. The van der Waals surface area contributed by atoms with E-state index in [1.807, 2.05) is 4.90 Å². The number of benzene rings is 1. The summed E-state index contributed by atoms with van der Waals surface area (Å²) in [6, 6.07) is 1.99. The third kappa shape index (κ3) is 4.83. The minimum Gasteiger partial charge on any atom is -0.380 e. The molecule has 2 aromatic rings. The largest absolute Gasteiger partial charge is 0.401 e. The van der Waals surface area contributed by atoms with Gasteiger partial charge in [-0.05, 0) is 62.6 Å². The van der Waals surface area contributed by atoms with Crippen LogP contribution in [0.4, 0.5) is 30.7 Å². The van der Waals surface area contributed by atoms with Crippen LogP contribution in [0, 0.1) is 11.2 Å². The molecule has 2 N–H and O–H groups in total. The first-order valence-electron chi connectivity index (χ1n) is 12.8. The Hall–Kier alpha value is -2.53. The number of halogens is 7. The molecule has 38 heavy (non-hydrogen) atoms. The van der Waals surface area contributed by atoms with Crippen molar-refractivity contribution in [1.29, 1.82) is 0 Å². The van der Waals surface area contributed by atoms with Crippen LogP contribution in [0.15, 0.2) is 41.9 Å². The number of aromatic amines is 1. The van der Waals surface area contributed by atoms with Crippen molar-refractivity contribution in [2.75, 3.05) is 32.9 Å². The summed E-state index contributed by atoms with van der Waals surface area (Å²) in [6.07, 6.45) is -3.52. The van der Waals surface area contributed by atoms with Crippen LogP contribution in [-0.2, 0) is 6.42 Å². The average Bonchev–Trinajstić information content (AvgIpc) is 3.14. The normalized spacial score (nSPS) is 29.1. The molecule has 1 fully saturated rings. The van der Waals surface area contributed by atoms with Crippen molar-refractivity contribution in [2.45, 2.75) is 57.2 Å². The van der Waals surface area contributed by atoms with Gasteiger partial charge in [0.15, 0.2) is 0 Å². The lowest BCUT2D eigenvalue weighted by Gasteiger charge is -2.50. The van der Waals surface area contributed by atoms with Crippen molar-refractivity contribution < 1.29 is 30.7 Å². The van der Waals surface area contributed by atoms with Gasteiger partial charge in [0.25, 0.3) is 0 Å². The minimum atomic E-state index is -4.60. The molecule has 3 heterocycles. The number of H-pyrrole nitrogens is 1. The summed E-state index contributed by atoms with van der Waals surface area (Å²) in [5, 5.41) is 3.72. The number of allylic oxidation sites excluding steroid dienone is 2. The maximum Gasteiger partial charge on any atom is 0.401 e. The summed E-state index contributed by atoms with van der Waals surface area (Å²) in [4.78, 5) is 6.14. The van der Waals surface area contributed by atoms with E-state index in [0.717, 1.165) is 11.0 Å². The summed E-state index contributed by atoms with van der Waals surface area (Å²) in [5.74, 6) is -1.39. The number of hydrogen-bond donors (Lipinski definition) is 2. The second-order valence-electron chi connectivity index (χ2n) is 10.9. The molecule has 3 aliphatic rings. The van der Waals surface area contributed by atoms with Gasteiger partial charge in [0.1, 0.15) is 17.8 Å². The zero-order valence-corrected chi connectivity index (χ0v) is 21.2. The van der Waals surface area contributed by atoms with Gasteiger partial charge >= 0.3 is 6.18 Å². The van der Waals surface area contributed by atoms with Crippen molar-refractivity contribution in [1.82, 2.24) is 20.1 Å². The van der Waals surface area contributed by atoms with Gasteiger partial charge in [-0.15, -0.1) is 0 Å². The van der Waals surface area contributed by atoms with Gasteiger partial charge in [0.05, 0.1) is 30.7 Å². The first-order chi connectivity index (χ1) is 17.9. The number of nitrogens with one attached hydrogen (secondary N) is 2. The van der Waals surface area contributed by atoms with Gasteiger partial charge in [-0.3, -0.25) is 14.2 Å². The molecule has 0 amide bonds. The van der Waals surface area contributed by atoms with Crippen molar-refractivity contribution in [3.63, 3.8) is 0 Å². The predicted octanol–water partition coefficient (Wildman–Crippen LogP) is 5.89. The third-order valence-electron chi connectivity index (χ3n) is 8.13. The van der Waals surface area contributed by atoms with Crippen molar-refractivity contribution in [3.05, 3.63) is 58.9 Å². The molecule has 4 atom stereocenters. The zero-order valence-electron chi connectivity index (χ0n) is 21.2. The van der Waals surface area contributed by atoms with Crippen LogP contribution < -0.4 is 5.32 Å². The van der Waals surface area contributed by atoms with E-state index >= 15 is 8.78 Å². The maximum atomic E-state index is 16.0. The van der Waals surface area contributed by atoms with Crippen LogP contribution in [-0.4, -0.2) is 72.1 Å². The van der Waals surface area contributed by atoms with Crippen LogP contribution in [0.3, 0.4) is 0 Å². The van der Waals surface area contributed by atoms with Crippen molar-refractivity contribution in [3.8, 4) is 0 Å². The predicted molar refractivity (Wildman–Crippen MR) is 131 cm³/mol. The molecule has 2 aliphatic heterocycles. The Morgan fingerprint density at radius 2 is 1.92 bits per heavy atom. The quantitative estimate of drug-likeness (QED) is 0.427. The minimum absolute atomic E-state index is 0.0619. The van der Waals surface area contributed by atoms with E-state index in [2.05, 4.69) is 10.3 Å². The SMILES string of the molecule is C[C@H]1Cc2c([nH]c3cc(F)ccc23)[C@H](C2(C)C(F)=CC(NC3CN(CCCF)C3)=CC2F)N1CC(F)(F)F. The monoisotopic (exact) mass is 544 g/mol.